The Bertz CT molecular complexity index is 2030. The summed E-state index contributed by atoms with van der Waals surface area (Å²) in [6, 6.07) is 29.3. The van der Waals surface area contributed by atoms with Crippen LogP contribution in [0.25, 0.3) is 50.7 Å². The lowest BCUT2D eigenvalue weighted by atomic mass is 9.79. The maximum Gasteiger partial charge on any atom is 0.221 e. The van der Waals surface area contributed by atoms with Crippen LogP contribution in [-0.4, -0.2) is 0 Å². The van der Waals surface area contributed by atoms with E-state index in [4.69, 9.17) is 4.42 Å². The van der Waals surface area contributed by atoms with Crippen LogP contribution in [0.2, 0.25) is 0 Å². The van der Waals surface area contributed by atoms with Crippen molar-refractivity contribution < 1.29 is 13.6 Å². The van der Waals surface area contributed by atoms with Crippen LogP contribution in [0.1, 0.15) is 72.9 Å². The Balaban J connectivity index is 1.36. The highest BCUT2D eigenvalue weighted by Crippen LogP contribution is 2.43. The van der Waals surface area contributed by atoms with Gasteiger partial charge in [0.25, 0.3) is 0 Å². The molecule has 3 aromatic carbocycles. The van der Waals surface area contributed by atoms with E-state index in [1.165, 1.54) is 39.1 Å². The van der Waals surface area contributed by atoms with E-state index in [-0.39, 0.29) is 0 Å². The van der Waals surface area contributed by atoms with E-state index in [0.29, 0.717) is 17.9 Å². The highest BCUT2D eigenvalue weighted by atomic mass is 16.3. The molecule has 3 aromatic heterocycles. The molecule has 0 saturated carbocycles. The summed E-state index contributed by atoms with van der Waals surface area (Å²) < 4.78 is 11.3. The fourth-order valence-corrected chi connectivity index (χ4v) is 7.14. The van der Waals surface area contributed by atoms with Crippen LogP contribution in [0.4, 0.5) is 0 Å². The maximum atomic E-state index is 6.62. The van der Waals surface area contributed by atoms with Gasteiger partial charge >= 0.3 is 0 Å². The number of para-hydroxylation sites is 1. The number of hydrogen-bond donors (Lipinski definition) is 0. The van der Waals surface area contributed by atoms with Gasteiger partial charge in [0, 0.05) is 45.5 Å². The normalized spacial score (nSPS) is 16.0. The quantitative estimate of drug-likeness (QED) is 0.185. The molecule has 1 aliphatic rings. The highest BCUT2D eigenvalue weighted by Gasteiger charge is 2.37. The Morgan fingerprint density at radius 2 is 1.65 bits per heavy atom. The number of benzene rings is 3. The zero-order valence-corrected chi connectivity index (χ0v) is 25.9. The average Bonchev–Trinajstić information content (AvgIpc) is 3.39. The summed E-state index contributed by atoms with van der Waals surface area (Å²) in [4.78, 5) is 0. The van der Waals surface area contributed by atoms with Gasteiger partial charge in [-0.2, -0.15) is 9.13 Å². The van der Waals surface area contributed by atoms with Crippen LogP contribution in [0.15, 0.2) is 102 Å². The molecule has 2 unspecified atom stereocenters. The lowest BCUT2D eigenvalue weighted by molar-refractivity contribution is -0.715. The second-order valence-electron chi connectivity index (χ2n) is 12.6. The zero-order chi connectivity index (χ0) is 29.8. The molecule has 4 heterocycles. The molecule has 3 nitrogen and oxygen atoms in total. The summed E-state index contributed by atoms with van der Waals surface area (Å²) >= 11 is 0. The van der Waals surface area contributed by atoms with Crippen molar-refractivity contribution in [3.8, 4) is 22.5 Å². The summed E-state index contributed by atoms with van der Waals surface area (Å²) in [7, 11) is 0. The third kappa shape index (κ3) is 4.59. The van der Waals surface area contributed by atoms with Crippen molar-refractivity contribution in [2.75, 3.05) is 0 Å². The topological polar surface area (TPSA) is 20.9 Å². The number of furan rings is 1. The number of pyridine rings is 2. The fraction of sp³-hybridized carbons (Fsp3) is 0.250. The van der Waals surface area contributed by atoms with E-state index in [1.54, 1.807) is 0 Å². The Labute approximate surface area is 254 Å². The molecule has 1 aliphatic heterocycles. The van der Waals surface area contributed by atoms with Gasteiger partial charge in [0.1, 0.15) is 11.2 Å². The Morgan fingerprint density at radius 1 is 0.860 bits per heavy atom. The number of fused-ring (bicyclic) bond motifs is 6. The number of aryl methyl sites for hydroxylation is 3. The van der Waals surface area contributed by atoms with E-state index < -0.39 is 0 Å². The molecule has 0 fully saturated rings. The minimum Gasteiger partial charge on any atom is -0.455 e. The average molecular weight is 565 g/mol. The molecule has 214 valence electrons. The van der Waals surface area contributed by atoms with E-state index >= 15 is 0 Å². The third-order valence-corrected chi connectivity index (χ3v) is 9.51. The van der Waals surface area contributed by atoms with Crippen molar-refractivity contribution in [2.45, 2.75) is 65.3 Å². The van der Waals surface area contributed by atoms with E-state index in [2.05, 4.69) is 136 Å². The molecular weight excluding hydrogens is 524 g/mol. The second-order valence-corrected chi connectivity index (χ2v) is 12.6. The lowest BCUT2D eigenvalue weighted by Gasteiger charge is -2.29. The summed E-state index contributed by atoms with van der Waals surface area (Å²) in [5.41, 5.74) is 13.5. The first-order valence-electron chi connectivity index (χ1n) is 15.6. The molecule has 2 atom stereocenters. The van der Waals surface area contributed by atoms with Crippen LogP contribution < -0.4 is 9.13 Å². The Kier molecular flexibility index (Phi) is 6.77. The van der Waals surface area contributed by atoms with Gasteiger partial charge in [-0.15, -0.1) is 0 Å². The van der Waals surface area contributed by atoms with Crippen LogP contribution in [-0.2, 0) is 6.42 Å². The van der Waals surface area contributed by atoms with Gasteiger partial charge in [-0.25, -0.2) is 0 Å². The van der Waals surface area contributed by atoms with Crippen molar-refractivity contribution in [1.82, 2.24) is 0 Å². The first kappa shape index (κ1) is 27.3. The van der Waals surface area contributed by atoms with Crippen LogP contribution in [0, 0.1) is 13.8 Å². The van der Waals surface area contributed by atoms with Gasteiger partial charge in [0.15, 0.2) is 24.6 Å². The van der Waals surface area contributed by atoms with Crippen LogP contribution >= 0.6 is 0 Å². The SMILES string of the molecule is C=C[n+]1cc(C)ccc1-c1c(CCC2c3cc(C)ccc3-c3ccc(C(C)C)c[n+]3C2C)ccc2c1oc1ccccc12. The number of hydrogen-bond acceptors (Lipinski definition) is 1. The Morgan fingerprint density at radius 3 is 2.47 bits per heavy atom. The van der Waals surface area contributed by atoms with Crippen molar-refractivity contribution in [2.24, 2.45) is 0 Å². The van der Waals surface area contributed by atoms with Crippen molar-refractivity contribution in [3.05, 3.63) is 126 Å². The molecule has 0 spiro atoms. The minimum absolute atomic E-state index is 0.346. The van der Waals surface area contributed by atoms with Gasteiger partial charge in [-0.1, -0.05) is 61.9 Å². The smallest absolute Gasteiger partial charge is 0.221 e. The van der Waals surface area contributed by atoms with Gasteiger partial charge < -0.3 is 4.42 Å². The highest BCUT2D eigenvalue weighted by molar-refractivity contribution is 6.09. The van der Waals surface area contributed by atoms with Crippen LogP contribution in [0.3, 0.4) is 0 Å². The van der Waals surface area contributed by atoms with Crippen molar-refractivity contribution >= 4 is 28.1 Å². The molecule has 0 N–H and O–H groups in total. The minimum atomic E-state index is 0.346. The summed E-state index contributed by atoms with van der Waals surface area (Å²) in [6.07, 6.45) is 8.42. The summed E-state index contributed by atoms with van der Waals surface area (Å²) in [5, 5.41) is 2.31. The molecule has 6 aromatic rings. The third-order valence-electron chi connectivity index (χ3n) is 9.51. The van der Waals surface area contributed by atoms with Gasteiger partial charge in [-0.05, 0) is 81.5 Å². The standard InChI is InChI=1S/C40H40N2O/c1-7-41-23-27(5)13-20-37(41)39-29(15-19-34-33-10-8-9-11-38(33)43-40(34)39)14-18-31-28(6)42-24-30(25(2)3)16-21-36(42)32-17-12-26(4)22-35(31)32/h7-13,15-17,19-25,28,31H,1,14,18H2,2-6H3/q+2. The molecular formula is C40H40N2O+2. The zero-order valence-electron chi connectivity index (χ0n) is 25.9. The molecule has 0 aliphatic carbocycles. The van der Waals surface area contributed by atoms with Gasteiger partial charge in [0.2, 0.25) is 11.4 Å². The second kappa shape index (κ2) is 10.6. The first-order chi connectivity index (χ1) is 20.8. The fourth-order valence-electron chi connectivity index (χ4n) is 7.14. The van der Waals surface area contributed by atoms with Crippen molar-refractivity contribution in [1.29, 1.82) is 0 Å². The molecule has 0 amide bonds. The molecule has 43 heavy (non-hydrogen) atoms. The molecule has 0 saturated heterocycles. The number of rotatable bonds is 6. The van der Waals surface area contributed by atoms with Crippen LogP contribution in [0.5, 0.6) is 0 Å². The number of nitrogens with zero attached hydrogens (tertiary/aromatic N) is 2. The lowest BCUT2D eigenvalue weighted by Crippen LogP contribution is -2.46. The van der Waals surface area contributed by atoms with E-state index in [9.17, 15) is 0 Å². The number of aromatic nitrogens is 2. The predicted octanol–water partition coefficient (Wildman–Crippen LogP) is 9.63. The summed E-state index contributed by atoms with van der Waals surface area (Å²) in [5.74, 6) is 0.880. The van der Waals surface area contributed by atoms with Crippen molar-refractivity contribution in [3.63, 3.8) is 0 Å². The maximum absolute atomic E-state index is 6.62. The first-order valence-corrected chi connectivity index (χ1v) is 15.6. The largest absolute Gasteiger partial charge is 0.455 e. The van der Waals surface area contributed by atoms with E-state index in [0.717, 1.165) is 46.0 Å². The van der Waals surface area contributed by atoms with Gasteiger partial charge in [-0.3, -0.25) is 0 Å². The molecule has 0 radical (unpaired) electrons. The molecule has 3 heteroatoms. The Hall–Kier alpha value is -4.50. The summed E-state index contributed by atoms with van der Waals surface area (Å²) in [6.45, 7) is 15.4. The monoisotopic (exact) mass is 564 g/mol. The molecule has 7 rings (SSSR count). The predicted molar refractivity (Wildman–Crippen MR) is 177 cm³/mol. The molecule has 0 bridgehead atoms. The van der Waals surface area contributed by atoms with Gasteiger partial charge in [0.05, 0.1) is 5.56 Å². The van der Waals surface area contributed by atoms with E-state index in [1.807, 2.05) is 12.3 Å².